The minimum Gasteiger partial charge on any atom is -0.303 e. The topological polar surface area (TPSA) is 52.0 Å². The first kappa shape index (κ1) is 14.4. The number of rotatable bonds is 7. The second-order valence-corrected chi connectivity index (χ2v) is 5.24. The van der Waals surface area contributed by atoms with Crippen LogP contribution in [0.15, 0.2) is 6.20 Å². The maximum Gasteiger partial charge on any atom is 0.148 e. The van der Waals surface area contributed by atoms with Crippen molar-refractivity contribution in [3.63, 3.8) is 0 Å². The summed E-state index contributed by atoms with van der Waals surface area (Å²) in [6.45, 7) is 8.02. The lowest BCUT2D eigenvalue weighted by Gasteiger charge is -2.18. The van der Waals surface area contributed by atoms with Crippen LogP contribution in [0.1, 0.15) is 24.9 Å². The van der Waals surface area contributed by atoms with Crippen LogP contribution in [0.3, 0.4) is 0 Å². The van der Waals surface area contributed by atoms with Gasteiger partial charge in [0.2, 0.25) is 0 Å². The number of nitriles is 1. The molecule has 1 unspecified atom stereocenters. The molecular weight excluding hydrogens is 256 g/mol. The van der Waals surface area contributed by atoms with Crippen LogP contribution in [-0.2, 0) is 0 Å². The molecule has 1 atom stereocenters. The number of nitrogens with one attached hydrogen (secondary N) is 1. The molecule has 0 aromatic carbocycles. The third-order valence-electron chi connectivity index (χ3n) is 2.54. The lowest BCUT2D eigenvalue weighted by Crippen LogP contribution is -2.33. The zero-order chi connectivity index (χ0) is 12.7. The van der Waals surface area contributed by atoms with Crippen molar-refractivity contribution in [3.05, 3.63) is 15.5 Å². The van der Waals surface area contributed by atoms with E-state index in [0.717, 1.165) is 31.2 Å². The maximum absolute atomic E-state index is 9.07. The Labute approximate surface area is 111 Å². The van der Waals surface area contributed by atoms with Crippen LogP contribution in [0.4, 0.5) is 0 Å². The Morgan fingerprint density at radius 2 is 2.29 bits per heavy atom. The number of likely N-dealkylation sites (N-methyl/N-ethyl adjacent to an activating group) is 1. The molecule has 0 amide bonds. The quantitative estimate of drug-likeness (QED) is 0.827. The fraction of sp³-hybridized carbons (Fsp3) is 0.636. The molecule has 0 aliphatic heterocycles. The van der Waals surface area contributed by atoms with Gasteiger partial charge in [-0.15, -0.1) is 11.3 Å². The zero-order valence-electron chi connectivity index (χ0n) is 10.1. The van der Waals surface area contributed by atoms with E-state index in [1.165, 1.54) is 11.3 Å². The van der Waals surface area contributed by atoms with Crippen molar-refractivity contribution in [2.45, 2.75) is 19.9 Å². The first-order valence-electron chi connectivity index (χ1n) is 5.67. The highest BCUT2D eigenvalue weighted by Gasteiger charge is 2.13. The van der Waals surface area contributed by atoms with Crippen molar-refractivity contribution < 1.29 is 0 Å². The van der Waals surface area contributed by atoms with Gasteiger partial charge in [0.25, 0.3) is 0 Å². The standard InChI is InChI=1S/C11H17ClN4S/c1-3-16(4-2)6-5-14-9(7-13)11-15-8-10(12)17-11/h8-9,14H,3-6H2,1-2H3. The summed E-state index contributed by atoms with van der Waals surface area (Å²) in [4.78, 5) is 6.41. The van der Waals surface area contributed by atoms with Gasteiger partial charge in [-0.25, -0.2) is 4.98 Å². The van der Waals surface area contributed by atoms with Gasteiger partial charge in [-0.2, -0.15) is 5.26 Å². The van der Waals surface area contributed by atoms with Crippen molar-refractivity contribution >= 4 is 22.9 Å². The van der Waals surface area contributed by atoms with Crippen molar-refractivity contribution in [1.29, 1.82) is 5.26 Å². The Morgan fingerprint density at radius 1 is 1.59 bits per heavy atom. The molecular formula is C11H17ClN4S. The largest absolute Gasteiger partial charge is 0.303 e. The van der Waals surface area contributed by atoms with Crippen LogP contribution in [0, 0.1) is 11.3 Å². The average Bonchev–Trinajstić information content (AvgIpc) is 2.76. The molecule has 1 N–H and O–H groups in total. The van der Waals surface area contributed by atoms with E-state index in [9.17, 15) is 0 Å². The Bertz CT molecular complexity index is 370. The van der Waals surface area contributed by atoms with E-state index in [2.05, 4.69) is 35.1 Å². The smallest absolute Gasteiger partial charge is 0.148 e. The third-order valence-corrected chi connectivity index (χ3v) is 3.72. The number of aromatic nitrogens is 1. The van der Waals surface area contributed by atoms with E-state index in [0.29, 0.717) is 4.34 Å². The monoisotopic (exact) mass is 272 g/mol. The second kappa shape index (κ2) is 7.62. The highest BCUT2D eigenvalue weighted by atomic mass is 35.5. The second-order valence-electron chi connectivity index (χ2n) is 3.55. The molecule has 1 rings (SSSR count). The maximum atomic E-state index is 9.07. The van der Waals surface area contributed by atoms with Crippen molar-refractivity contribution in [2.75, 3.05) is 26.2 Å². The minimum atomic E-state index is -0.358. The number of thiazole rings is 1. The van der Waals surface area contributed by atoms with Gasteiger partial charge in [-0.3, -0.25) is 5.32 Å². The number of halogens is 1. The fourth-order valence-corrected chi connectivity index (χ4v) is 2.45. The SMILES string of the molecule is CCN(CC)CCNC(C#N)c1ncc(Cl)s1. The summed E-state index contributed by atoms with van der Waals surface area (Å²) in [7, 11) is 0. The first-order valence-corrected chi connectivity index (χ1v) is 6.87. The number of nitrogens with zero attached hydrogens (tertiary/aromatic N) is 3. The van der Waals surface area contributed by atoms with Crippen molar-refractivity contribution in [3.8, 4) is 6.07 Å². The summed E-state index contributed by atoms with van der Waals surface area (Å²) in [5.41, 5.74) is 0. The van der Waals surface area contributed by atoms with E-state index in [1.807, 2.05) is 0 Å². The Hall–Kier alpha value is -0.670. The fourth-order valence-electron chi connectivity index (χ4n) is 1.50. The molecule has 0 fully saturated rings. The van der Waals surface area contributed by atoms with Crippen LogP contribution in [0.2, 0.25) is 4.34 Å². The molecule has 4 nitrogen and oxygen atoms in total. The highest BCUT2D eigenvalue weighted by molar-refractivity contribution is 7.15. The summed E-state index contributed by atoms with van der Waals surface area (Å²) in [6.07, 6.45) is 1.58. The number of hydrogen-bond acceptors (Lipinski definition) is 5. The van der Waals surface area contributed by atoms with E-state index in [-0.39, 0.29) is 6.04 Å². The predicted molar refractivity (Wildman–Crippen MR) is 71.3 cm³/mol. The third kappa shape index (κ3) is 4.60. The molecule has 17 heavy (non-hydrogen) atoms. The van der Waals surface area contributed by atoms with Gasteiger partial charge in [0, 0.05) is 13.1 Å². The molecule has 0 spiro atoms. The van der Waals surface area contributed by atoms with Crippen molar-refractivity contribution in [1.82, 2.24) is 15.2 Å². The summed E-state index contributed by atoms with van der Waals surface area (Å²) in [5.74, 6) is 0. The van der Waals surface area contributed by atoms with Gasteiger partial charge in [-0.1, -0.05) is 25.4 Å². The Kier molecular flexibility index (Phi) is 6.45. The van der Waals surface area contributed by atoms with Gasteiger partial charge >= 0.3 is 0 Å². The molecule has 0 radical (unpaired) electrons. The molecule has 1 aromatic rings. The molecule has 6 heteroatoms. The molecule has 0 bridgehead atoms. The molecule has 0 aliphatic carbocycles. The first-order chi connectivity index (χ1) is 8.21. The van der Waals surface area contributed by atoms with Gasteiger partial charge in [-0.05, 0) is 13.1 Å². The zero-order valence-corrected chi connectivity index (χ0v) is 11.7. The van der Waals surface area contributed by atoms with Crippen LogP contribution in [0.5, 0.6) is 0 Å². The normalized spacial score (nSPS) is 12.6. The van der Waals surface area contributed by atoms with Crippen LogP contribution in [0.25, 0.3) is 0 Å². The Balaban J connectivity index is 2.41. The van der Waals surface area contributed by atoms with E-state index >= 15 is 0 Å². The van der Waals surface area contributed by atoms with Crippen LogP contribution >= 0.6 is 22.9 Å². The van der Waals surface area contributed by atoms with Gasteiger partial charge < -0.3 is 4.90 Å². The van der Waals surface area contributed by atoms with E-state index in [1.54, 1.807) is 6.20 Å². The van der Waals surface area contributed by atoms with Crippen LogP contribution in [-0.4, -0.2) is 36.1 Å². The molecule has 0 aliphatic rings. The van der Waals surface area contributed by atoms with E-state index < -0.39 is 0 Å². The average molecular weight is 273 g/mol. The number of hydrogen-bond donors (Lipinski definition) is 1. The summed E-state index contributed by atoms with van der Waals surface area (Å²) < 4.78 is 0.616. The summed E-state index contributed by atoms with van der Waals surface area (Å²) >= 11 is 7.15. The minimum absolute atomic E-state index is 0.358. The Morgan fingerprint density at radius 3 is 2.76 bits per heavy atom. The summed E-state index contributed by atoms with van der Waals surface area (Å²) in [5, 5.41) is 13.0. The molecule has 1 heterocycles. The van der Waals surface area contributed by atoms with E-state index in [4.69, 9.17) is 16.9 Å². The molecule has 94 valence electrons. The van der Waals surface area contributed by atoms with Gasteiger partial charge in [0.05, 0.1) is 12.3 Å². The molecule has 0 saturated carbocycles. The lowest BCUT2D eigenvalue weighted by molar-refractivity contribution is 0.300. The van der Waals surface area contributed by atoms with Gasteiger partial charge in [0.1, 0.15) is 15.4 Å². The molecule has 1 aromatic heterocycles. The van der Waals surface area contributed by atoms with Gasteiger partial charge in [0.15, 0.2) is 0 Å². The van der Waals surface area contributed by atoms with Crippen LogP contribution < -0.4 is 5.32 Å². The van der Waals surface area contributed by atoms with Crippen molar-refractivity contribution in [2.24, 2.45) is 0 Å². The summed E-state index contributed by atoms with van der Waals surface area (Å²) in [6, 6.07) is 1.84. The predicted octanol–water partition coefficient (Wildman–Crippen LogP) is 2.29. The lowest BCUT2D eigenvalue weighted by atomic mass is 10.3. The molecule has 0 saturated heterocycles. The highest BCUT2D eigenvalue weighted by Crippen LogP contribution is 2.23.